The number of alkyl halides is 7. The molecule has 0 N–H and O–H groups in total. The van der Waals surface area contributed by atoms with Crippen LogP contribution < -0.4 is 0 Å². The van der Waals surface area contributed by atoms with Gasteiger partial charge in [0.25, 0.3) is 0 Å². The molecular formula is C8H6F6IN. The van der Waals surface area contributed by atoms with Crippen LogP contribution in [0.25, 0.3) is 0 Å². The van der Waals surface area contributed by atoms with E-state index in [1.165, 1.54) is 0 Å². The first-order valence-electron chi connectivity index (χ1n) is 4.70. The first-order chi connectivity index (χ1) is 7.14. The molecule has 4 aliphatic rings. The Kier molecular flexibility index (Phi) is 1.88. The van der Waals surface area contributed by atoms with Crippen LogP contribution in [0, 0.1) is 5.92 Å². The molecule has 4 bridgehead atoms. The predicted molar refractivity (Wildman–Crippen MR) is 50.2 cm³/mol. The Bertz CT molecular complexity index is 335. The van der Waals surface area contributed by atoms with Crippen molar-refractivity contribution >= 4 is 22.6 Å². The van der Waals surface area contributed by atoms with E-state index in [2.05, 4.69) is 0 Å². The highest BCUT2D eigenvalue weighted by Crippen LogP contribution is 2.73. The molecule has 16 heavy (non-hydrogen) atoms. The minimum Gasteiger partial charge on any atom is -0.272 e. The minimum atomic E-state index is -5.24. The Morgan fingerprint density at radius 1 is 1.06 bits per heavy atom. The number of hydrogen-bond donors (Lipinski definition) is 0. The maximum absolute atomic E-state index is 12.9. The first kappa shape index (κ1) is 11.4. The van der Waals surface area contributed by atoms with Gasteiger partial charge >= 0.3 is 12.4 Å². The molecule has 1 nitrogen and oxygen atoms in total. The molecule has 4 fully saturated rings. The summed E-state index contributed by atoms with van der Waals surface area (Å²) in [5.41, 5.74) is -3.57. The van der Waals surface area contributed by atoms with E-state index in [0.29, 0.717) is 4.90 Å². The molecule has 0 aromatic rings. The Morgan fingerprint density at radius 2 is 1.56 bits per heavy atom. The van der Waals surface area contributed by atoms with Crippen LogP contribution in [0.1, 0.15) is 6.42 Å². The van der Waals surface area contributed by atoms with E-state index in [4.69, 9.17) is 0 Å². The van der Waals surface area contributed by atoms with Crippen molar-refractivity contribution in [2.75, 3.05) is 0 Å². The van der Waals surface area contributed by atoms with Gasteiger partial charge in [-0.25, -0.2) is 0 Å². The number of rotatable bonds is 0. The Labute approximate surface area is 100 Å². The average Bonchev–Trinajstić information content (AvgIpc) is 2.43. The molecule has 3 saturated heterocycles. The van der Waals surface area contributed by atoms with E-state index in [9.17, 15) is 26.3 Å². The van der Waals surface area contributed by atoms with Gasteiger partial charge in [-0.1, -0.05) is 22.6 Å². The van der Waals surface area contributed by atoms with Crippen LogP contribution >= 0.6 is 22.6 Å². The second-order valence-corrected chi connectivity index (χ2v) is 5.95. The predicted octanol–water partition coefficient (Wildman–Crippen LogP) is 2.74. The van der Waals surface area contributed by atoms with Crippen molar-refractivity contribution in [2.24, 2.45) is 5.92 Å². The molecule has 92 valence electrons. The topological polar surface area (TPSA) is 3.01 Å². The van der Waals surface area contributed by atoms with Crippen LogP contribution in [0.4, 0.5) is 26.3 Å². The van der Waals surface area contributed by atoms with Crippen molar-refractivity contribution in [1.82, 2.24) is 4.90 Å². The summed E-state index contributed by atoms with van der Waals surface area (Å²) < 4.78 is 76.7. The van der Waals surface area contributed by atoms with E-state index < -0.39 is 39.8 Å². The molecule has 0 radical (unpaired) electrons. The molecule has 3 aliphatic heterocycles. The Hall–Kier alpha value is 0.270. The second kappa shape index (κ2) is 2.65. The standard InChI is InChI=1S/C8H6F6IN/c9-7(10,11)6(8(12,13)14)2-1-3-5(4(2)15)16(3)6/h2-5H,1H2/t2-,3+,4-,5-,16?/m0/s1. The van der Waals surface area contributed by atoms with Gasteiger partial charge in [0, 0.05) is 21.9 Å². The Balaban J connectivity index is 2.14. The fourth-order valence-electron chi connectivity index (χ4n) is 3.51. The number of halogens is 7. The number of nitrogens with zero attached hydrogens (tertiary/aromatic N) is 1. The third-order valence-corrected chi connectivity index (χ3v) is 5.60. The fourth-order valence-corrected chi connectivity index (χ4v) is 5.15. The first-order valence-corrected chi connectivity index (χ1v) is 5.94. The van der Waals surface area contributed by atoms with E-state index in [0.717, 1.165) is 0 Å². The summed E-state index contributed by atoms with van der Waals surface area (Å²) in [5, 5.41) is 0. The van der Waals surface area contributed by atoms with Crippen LogP contribution in [0.2, 0.25) is 0 Å². The third-order valence-electron chi connectivity index (χ3n) is 4.00. The van der Waals surface area contributed by atoms with Crippen molar-refractivity contribution in [3.8, 4) is 0 Å². The molecule has 0 aromatic heterocycles. The summed E-state index contributed by atoms with van der Waals surface area (Å²) in [6.07, 6.45) is -10.4. The van der Waals surface area contributed by atoms with E-state index in [-0.39, 0.29) is 6.42 Å². The molecular weight excluding hydrogens is 351 g/mol. The highest BCUT2D eigenvalue weighted by atomic mass is 127. The van der Waals surface area contributed by atoms with E-state index in [1.807, 2.05) is 0 Å². The molecule has 1 unspecified atom stereocenters. The van der Waals surface area contributed by atoms with Gasteiger partial charge in [-0.3, -0.25) is 4.90 Å². The zero-order valence-electron chi connectivity index (χ0n) is 7.61. The lowest BCUT2D eigenvalue weighted by atomic mass is 9.85. The largest absolute Gasteiger partial charge is 0.416 e. The van der Waals surface area contributed by atoms with Gasteiger partial charge < -0.3 is 0 Å². The quantitative estimate of drug-likeness (QED) is 0.279. The van der Waals surface area contributed by atoms with Crippen LogP contribution in [-0.2, 0) is 0 Å². The van der Waals surface area contributed by atoms with Crippen molar-refractivity contribution < 1.29 is 26.3 Å². The second-order valence-electron chi connectivity index (χ2n) is 4.51. The van der Waals surface area contributed by atoms with Gasteiger partial charge in [0.15, 0.2) is 0 Å². The molecule has 4 rings (SSSR count). The summed E-state index contributed by atoms with van der Waals surface area (Å²) in [5.74, 6) is -1.33. The SMILES string of the molecule is FC(F)(F)C1(C(F)(F)F)[C@H]2C[C@@H]3[C@@H]([C@H]2I)N31. The number of hydrogen-bond acceptors (Lipinski definition) is 1. The van der Waals surface area contributed by atoms with Gasteiger partial charge in [-0.2, -0.15) is 26.3 Å². The smallest absolute Gasteiger partial charge is 0.272 e. The molecule has 3 heterocycles. The lowest BCUT2D eigenvalue weighted by Gasteiger charge is -2.37. The van der Waals surface area contributed by atoms with Gasteiger partial charge in [0.05, 0.1) is 0 Å². The highest BCUT2D eigenvalue weighted by Gasteiger charge is 2.92. The zero-order chi connectivity index (χ0) is 12.1. The molecule has 0 aromatic carbocycles. The highest BCUT2D eigenvalue weighted by molar-refractivity contribution is 14.1. The van der Waals surface area contributed by atoms with Crippen molar-refractivity contribution in [3.63, 3.8) is 0 Å². The molecule has 0 amide bonds. The Morgan fingerprint density at radius 3 is 1.69 bits per heavy atom. The average molecular weight is 357 g/mol. The van der Waals surface area contributed by atoms with E-state index in [1.54, 1.807) is 22.6 Å². The lowest BCUT2D eigenvalue weighted by Crippen LogP contribution is -2.63. The van der Waals surface area contributed by atoms with Gasteiger partial charge in [-0.15, -0.1) is 0 Å². The van der Waals surface area contributed by atoms with Crippen molar-refractivity contribution in [3.05, 3.63) is 0 Å². The maximum atomic E-state index is 12.9. The molecule has 1 saturated carbocycles. The molecule has 5 atom stereocenters. The minimum absolute atomic E-state index is 0.0251. The summed E-state index contributed by atoms with van der Waals surface area (Å²) >= 11 is 1.73. The molecule has 1 aliphatic carbocycles. The van der Waals surface area contributed by atoms with Crippen molar-refractivity contribution in [2.45, 2.75) is 40.3 Å². The fraction of sp³-hybridized carbons (Fsp3) is 1.00. The summed E-state index contributed by atoms with van der Waals surface area (Å²) in [6.45, 7) is 0. The summed E-state index contributed by atoms with van der Waals surface area (Å²) in [4.78, 5) is 0.634. The lowest BCUT2D eigenvalue weighted by molar-refractivity contribution is -0.327. The summed E-state index contributed by atoms with van der Waals surface area (Å²) in [7, 11) is 0. The summed E-state index contributed by atoms with van der Waals surface area (Å²) in [6, 6.07) is -1.02. The van der Waals surface area contributed by atoms with Crippen LogP contribution in [0.5, 0.6) is 0 Å². The molecule has 0 spiro atoms. The van der Waals surface area contributed by atoms with E-state index >= 15 is 0 Å². The van der Waals surface area contributed by atoms with Gasteiger partial charge in [0.1, 0.15) is 0 Å². The normalized spacial score (nSPS) is 48.6. The van der Waals surface area contributed by atoms with Crippen LogP contribution in [-0.4, -0.2) is 38.8 Å². The maximum Gasteiger partial charge on any atom is 0.416 e. The van der Waals surface area contributed by atoms with Crippen molar-refractivity contribution in [1.29, 1.82) is 0 Å². The van der Waals surface area contributed by atoms with Crippen LogP contribution in [0.15, 0.2) is 0 Å². The third kappa shape index (κ3) is 0.920. The monoisotopic (exact) mass is 357 g/mol. The van der Waals surface area contributed by atoms with Gasteiger partial charge in [-0.05, 0) is 6.42 Å². The van der Waals surface area contributed by atoms with Gasteiger partial charge in [0.2, 0.25) is 5.54 Å². The molecule has 8 heteroatoms. The van der Waals surface area contributed by atoms with Crippen LogP contribution in [0.3, 0.4) is 0 Å². The zero-order valence-corrected chi connectivity index (χ0v) is 9.77. The number of piperidine rings is 3.